The van der Waals surface area contributed by atoms with Crippen molar-refractivity contribution in [2.75, 3.05) is 26.9 Å². The third kappa shape index (κ3) is 7.17. The van der Waals surface area contributed by atoms with Crippen LogP contribution in [0.5, 0.6) is 11.5 Å². The summed E-state index contributed by atoms with van der Waals surface area (Å²) in [5.41, 5.74) is 1.79. The molecule has 2 aromatic rings. The van der Waals surface area contributed by atoms with Gasteiger partial charge < -0.3 is 19.5 Å². The minimum absolute atomic E-state index is 0.275. The fraction of sp³-hybridized carbons (Fsp3) is 0.455. The quantitative estimate of drug-likeness (QED) is 0.406. The Labute approximate surface area is 178 Å². The Kier molecular flexibility index (Phi) is 10.5. The van der Waals surface area contributed by atoms with Crippen molar-refractivity contribution in [1.82, 2.24) is 5.32 Å². The normalized spacial score (nSPS) is 10.9. The fourth-order valence-corrected chi connectivity index (χ4v) is 3.22. The van der Waals surface area contributed by atoms with Gasteiger partial charge in [0.1, 0.15) is 6.61 Å². The van der Waals surface area contributed by atoms with Crippen LogP contribution >= 0.6 is 23.2 Å². The van der Waals surface area contributed by atoms with Crippen molar-refractivity contribution in [2.45, 2.75) is 39.3 Å². The summed E-state index contributed by atoms with van der Waals surface area (Å²) in [4.78, 5) is 0. The van der Waals surface area contributed by atoms with Gasteiger partial charge in [0, 0.05) is 40.9 Å². The number of halogens is 2. The molecule has 4 nitrogen and oxygen atoms in total. The summed E-state index contributed by atoms with van der Waals surface area (Å²) in [5.74, 6) is 1.39. The summed E-state index contributed by atoms with van der Waals surface area (Å²) in [6.45, 7) is 5.61. The van der Waals surface area contributed by atoms with Crippen LogP contribution in [0, 0.1) is 0 Å². The molecule has 0 unspecified atom stereocenters. The SMILES string of the molecule is CCCCOCCCNCc1cccc(OC)c1OCc1c(Cl)cccc1Cl. The summed E-state index contributed by atoms with van der Waals surface area (Å²) < 4.78 is 17.1. The highest BCUT2D eigenvalue weighted by Gasteiger charge is 2.13. The molecule has 0 fully saturated rings. The summed E-state index contributed by atoms with van der Waals surface area (Å²) in [6.07, 6.45) is 3.25. The van der Waals surface area contributed by atoms with Gasteiger partial charge >= 0.3 is 0 Å². The maximum Gasteiger partial charge on any atom is 0.166 e. The Hall–Kier alpha value is -1.46. The molecule has 0 aliphatic heterocycles. The zero-order valence-corrected chi connectivity index (χ0v) is 18.1. The number of ether oxygens (including phenoxy) is 3. The monoisotopic (exact) mass is 425 g/mol. The summed E-state index contributed by atoms with van der Waals surface area (Å²) in [5, 5.41) is 4.61. The van der Waals surface area contributed by atoms with E-state index in [9.17, 15) is 0 Å². The van der Waals surface area contributed by atoms with Crippen molar-refractivity contribution >= 4 is 23.2 Å². The zero-order chi connectivity index (χ0) is 20.2. The van der Waals surface area contributed by atoms with Crippen molar-refractivity contribution in [3.8, 4) is 11.5 Å². The smallest absolute Gasteiger partial charge is 0.166 e. The average molecular weight is 426 g/mol. The van der Waals surface area contributed by atoms with Gasteiger partial charge in [-0.05, 0) is 37.6 Å². The van der Waals surface area contributed by atoms with Crippen LogP contribution in [0.4, 0.5) is 0 Å². The maximum absolute atomic E-state index is 6.25. The Morgan fingerprint density at radius 3 is 2.39 bits per heavy atom. The number of hydrogen-bond donors (Lipinski definition) is 1. The predicted molar refractivity (Wildman–Crippen MR) is 116 cm³/mol. The Morgan fingerprint density at radius 2 is 1.68 bits per heavy atom. The van der Waals surface area contributed by atoms with Crippen molar-refractivity contribution in [2.24, 2.45) is 0 Å². The van der Waals surface area contributed by atoms with Gasteiger partial charge in [0.25, 0.3) is 0 Å². The fourth-order valence-electron chi connectivity index (χ4n) is 2.71. The highest BCUT2D eigenvalue weighted by atomic mass is 35.5. The lowest BCUT2D eigenvalue weighted by molar-refractivity contribution is 0.128. The molecular weight excluding hydrogens is 397 g/mol. The first kappa shape index (κ1) is 22.8. The molecular formula is C22H29Cl2NO3. The molecule has 0 aliphatic rings. The molecule has 0 aromatic heterocycles. The van der Waals surface area contributed by atoms with Crippen molar-refractivity contribution in [3.63, 3.8) is 0 Å². The third-order valence-corrected chi connectivity index (χ3v) is 5.01. The second kappa shape index (κ2) is 12.9. The van der Waals surface area contributed by atoms with E-state index in [1.165, 1.54) is 0 Å². The number of nitrogens with one attached hydrogen (secondary N) is 1. The molecule has 0 bridgehead atoms. The van der Waals surface area contributed by atoms with Crippen LogP contribution in [0.1, 0.15) is 37.3 Å². The number of rotatable bonds is 13. The lowest BCUT2D eigenvalue weighted by Crippen LogP contribution is -2.17. The van der Waals surface area contributed by atoms with E-state index < -0.39 is 0 Å². The number of methoxy groups -OCH3 is 1. The number of unbranched alkanes of at least 4 members (excludes halogenated alkanes) is 1. The second-order valence-corrected chi connectivity index (χ2v) is 7.25. The molecule has 0 spiro atoms. The highest BCUT2D eigenvalue weighted by Crippen LogP contribution is 2.33. The predicted octanol–water partition coefficient (Wildman–Crippen LogP) is 5.88. The molecule has 0 amide bonds. The standard InChI is InChI=1S/C22H29Cl2NO3/c1-3-4-13-27-14-7-12-25-15-17-8-5-11-21(26-2)22(17)28-16-18-19(23)9-6-10-20(18)24/h5-6,8-11,25H,3-4,7,12-16H2,1-2H3. The number of benzene rings is 2. The summed E-state index contributed by atoms with van der Waals surface area (Å²) in [7, 11) is 1.63. The van der Waals surface area contributed by atoms with Crippen LogP contribution in [0.15, 0.2) is 36.4 Å². The van der Waals surface area contributed by atoms with Gasteiger partial charge in [0.05, 0.1) is 7.11 Å². The lowest BCUT2D eigenvalue weighted by atomic mass is 10.1. The van der Waals surface area contributed by atoms with Crippen LogP contribution in [0.3, 0.4) is 0 Å². The molecule has 0 heterocycles. The van der Waals surface area contributed by atoms with Crippen LogP contribution < -0.4 is 14.8 Å². The average Bonchev–Trinajstić information content (AvgIpc) is 2.70. The summed E-state index contributed by atoms with van der Waals surface area (Å²) in [6, 6.07) is 11.3. The van der Waals surface area contributed by atoms with Crippen LogP contribution in [-0.4, -0.2) is 26.9 Å². The van der Waals surface area contributed by atoms with E-state index in [1.807, 2.05) is 24.3 Å². The largest absolute Gasteiger partial charge is 0.493 e. The molecule has 0 aliphatic carbocycles. The van der Waals surface area contributed by atoms with Crippen LogP contribution in [0.2, 0.25) is 10.0 Å². The van der Waals surface area contributed by atoms with Gasteiger partial charge in [-0.2, -0.15) is 0 Å². The number of hydrogen-bond acceptors (Lipinski definition) is 4. The van der Waals surface area contributed by atoms with E-state index in [2.05, 4.69) is 12.2 Å². The minimum atomic E-state index is 0.275. The first-order valence-corrected chi connectivity index (χ1v) is 10.4. The molecule has 0 radical (unpaired) electrons. The van der Waals surface area contributed by atoms with Crippen LogP contribution in [-0.2, 0) is 17.9 Å². The van der Waals surface area contributed by atoms with Crippen molar-refractivity contribution in [1.29, 1.82) is 0 Å². The van der Waals surface area contributed by atoms with Gasteiger partial charge in [-0.25, -0.2) is 0 Å². The molecule has 1 N–H and O–H groups in total. The van der Waals surface area contributed by atoms with Gasteiger partial charge in [-0.15, -0.1) is 0 Å². The van der Waals surface area contributed by atoms with Crippen molar-refractivity contribution in [3.05, 3.63) is 57.6 Å². The van der Waals surface area contributed by atoms with Crippen molar-refractivity contribution < 1.29 is 14.2 Å². The Morgan fingerprint density at radius 1 is 0.964 bits per heavy atom. The van der Waals surface area contributed by atoms with E-state index in [0.717, 1.165) is 50.1 Å². The first-order valence-electron chi connectivity index (χ1n) is 9.67. The summed E-state index contributed by atoms with van der Waals surface area (Å²) >= 11 is 12.5. The Balaban J connectivity index is 1.92. The molecule has 6 heteroatoms. The number of para-hydroxylation sites is 1. The zero-order valence-electron chi connectivity index (χ0n) is 16.6. The Bertz CT molecular complexity index is 705. The molecule has 2 aromatic carbocycles. The van der Waals surface area contributed by atoms with E-state index in [4.69, 9.17) is 37.4 Å². The molecule has 0 atom stereocenters. The van der Waals surface area contributed by atoms with Gasteiger partial charge in [-0.1, -0.05) is 54.7 Å². The van der Waals surface area contributed by atoms with Gasteiger partial charge in [-0.3, -0.25) is 0 Å². The van der Waals surface area contributed by atoms with E-state index in [0.29, 0.717) is 28.1 Å². The third-order valence-electron chi connectivity index (χ3n) is 4.30. The highest BCUT2D eigenvalue weighted by molar-refractivity contribution is 6.35. The second-order valence-electron chi connectivity index (χ2n) is 6.43. The molecule has 0 saturated carbocycles. The van der Waals surface area contributed by atoms with E-state index in [1.54, 1.807) is 19.2 Å². The maximum atomic E-state index is 6.25. The molecule has 0 saturated heterocycles. The lowest BCUT2D eigenvalue weighted by Gasteiger charge is -2.16. The van der Waals surface area contributed by atoms with Gasteiger partial charge in [0.15, 0.2) is 11.5 Å². The first-order chi connectivity index (χ1) is 13.7. The van der Waals surface area contributed by atoms with Gasteiger partial charge in [0.2, 0.25) is 0 Å². The topological polar surface area (TPSA) is 39.7 Å². The minimum Gasteiger partial charge on any atom is -0.493 e. The van der Waals surface area contributed by atoms with E-state index >= 15 is 0 Å². The molecule has 154 valence electrons. The molecule has 2 rings (SSSR count). The molecule has 28 heavy (non-hydrogen) atoms. The van der Waals surface area contributed by atoms with E-state index in [-0.39, 0.29) is 6.61 Å². The van der Waals surface area contributed by atoms with Crippen LogP contribution in [0.25, 0.3) is 0 Å².